The molecule has 27 heavy (non-hydrogen) atoms. The molecule has 0 aliphatic rings. The van der Waals surface area contributed by atoms with Crippen LogP contribution in [0.3, 0.4) is 0 Å². The molecule has 5 rings (SSSR count). The van der Waals surface area contributed by atoms with Gasteiger partial charge in [0.1, 0.15) is 0 Å². The summed E-state index contributed by atoms with van der Waals surface area (Å²) in [7, 11) is 0.636. The third kappa shape index (κ3) is 3.03. The maximum Gasteiger partial charge on any atom is -0.00215 e. The molecule has 0 spiro atoms. The van der Waals surface area contributed by atoms with Gasteiger partial charge in [0.15, 0.2) is 0 Å². The Kier molecular flexibility index (Phi) is 4.20. The molecular formula is C26H19P. The van der Waals surface area contributed by atoms with Crippen LogP contribution in [0, 0.1) is 0 Å². The number of benzene rings is 5. The van der Waals surface area contributed by atoms with Gasteiger partial charge in [-0.15, -0.1) is 0 Å². The van der Waals surface area contributed by atoms with Gasteiger partial charge in [-0.1, -0.05) is 118 Å². The van der Waals surface area contributed by atoms with Crippen LogP contribution in [-0.2, 0) is 0 Å². The Balaban J connectivity index is 1.82. The monoisotopic (exact) mass is 362 g/mol. The van der Waals surface area contributed by atoms with E-state index in [0.717, 1.165) is 0 Å². The minimum Gasteiger partial charge on any atom is -0.0622 e. The van der Waals surface area contributed by atoms with Crippen LogP contribution < -0.4 is 10.6 Å². The zero-order valence-corrected chi connectivity index (χ0v) is 15.9. The van der Waals surface area contributed by atoms with E-state index in [2.05, 4.69) is 109 Å². The molecule has 1 unspecified atom stereocenters. The van der Waals surface area contributed by atoms with Crippen LogP contribution >= 0.6 is 8.58 Å². The number of fused-ring (bicyclic) bond motifs is 2. The van der Waals surface area contributed by atoms with E-state index in [1.807, 2.05) is 0 Å². The second-order valence-corrected chi connectivity index (χ2v) is 8.09. The molecule has 0 aliphatic carbocycles. The zero-order valence-electron chi connectivity index (χ0n) is 14.9. The fraction of sp³-hybridized carbons (Fsp3) is 0. The Morgan fingerprint density at radius 1 is 0.444 bits per heavy atom. The highest BCUT2D eigenvalue weighted by atomic mass is 31.1. The maximum absolute atomic E-state index is 2.31. The van der Waals surface area contributed by atoms with E-state index in [-0.39, 0.29) is 0 Å². The van der Waals surface area contributed by atoms with Crippen LogP contribution in [0.5, 0.6) is 0 Å². The van der Waals surface area contributed by atoms with Gasteiger partial charge in [0.25, 0.3) is 0 Å². The quantitative estimate of drug-likeness (QED) is 0.331. The summed E-state index contributed by atoms with van der Waals surface area (Å²) in [4.78, 5) is 0. The molecule has 128 valence electrons. The van der Waals surface area contributed by atoms with Gasteiger partial charge in [-0.2, -0.15) is 0 Å². The van der Waals surface area contributed by atoms with Gasteiger partial charge < -0.3 is 0 Å². The average molecular weight is 362 g/mol. The topological polar surface area (TPSA) is 0 Å². The van der Waals surface area contributed by atoms with Crippen LogP contribution in [0.2, 0.25) is 0 Å². The van der Waals surface area contributed by atoms with Crippen LogP contribution in [-0.4, -0.2) is 0 Å². The van der Waals surface area contributed by atoms with Crippen molar-refractivity contribution in [2.45, 2.75) is 0 Å². The first-order valence-electron chi connectivity index (χ1n) is 9.22. The van der Waals surface area contributed by atoms with Crippen molar-refractivity contribution in [1.29, 1.82) is 0 Å². The van der Waals surface area contributed by atoms with Crippen LogP contribution in [0.15, 0.2) is 109 Å². The van der Waals surface area contributed by atoms with E-state index >= 15 is 0 Å². The minimum absolute atomic E-state index is 0.636. The Labute approximate surface area is 161 Å². The van der Waals surface area contributed by atoms with Crippen molar-refractivity contribution >= 4 is 40.7 Å². The summed E-state index contributed by atoms with van der Waals surface area (Å²) in [5, 5.41) is 8.00. The molecule has 0 aliphatic heterocycles. The van der Waals surface area contributed by atoms with Crippen molar-refractivity contribution in [3.05, 3.63) is 109 Å². The van der Waals surface area contributed by atoms with Gasteiger partial charge in [0.2, 0.25) is 0 Å². The molecule has 5 aromatic rings. The second kappa shape index (κ2) is 6.99. The molecule has 0 radical (unpaired) electrons. The lowest BCUT2D eigenvalue weighted by Gasteiger charge is -2.16. The highest BCUT2D eigenvalue weighted by Gasteiger charge is 2.13. The first kappa shape index (κ1) is 16.2. The Hall–Kier alpha value is -2.95. The van der Waals surface area contributed by atoms with E-state index < -0.39 is 0 Å². The zero-order chi connectivity index (χ0) is 18.1. The lowest BCUT2D eigenvalue weighted by atomic mass is 9.94. The fourth-order valence-electron chi connectivity index (χ4n) is 3.79. The molecule has 0 heterocycles. The van der Waals surface area contributed by atoms with E-state index in [4.69, 9.17) is 0 Å². The van der Waals surface area contributed by atoms with E-state index in [0.29, 0.717) is 8.58 Å². The number of rotatable bonds is 3. The van der Waals surface area contributed by atoms with Gasteiger partial charge >= 0.3 is 0 Å². The standard InChI is InChI=1S/C26H19P/c1-2-12-21(13-3-1)27-25-18-17-20-10-5-7-15-23(20)26(25)24-16-8-11-19-9-4-6-14-22(19)24/h1-18,27H. The highest BCUT2D eigenvalue weighted by Crippen LogP contribution is 2.35. The molecule has 0 fully saturated rings. The Morgan fingerprint density at radius 2 is 1.07 bits per heavy atom. The summed E-state index contributed by atoms with van der Waals surface area (Å²) < 4.78 is 0. The molecule has 0 saturated carbocycles. The van der Waals surface area contributed by atoms with Crippen molar-refractivity contribution in [2.75, 3.05) is 0 Å². The van der Waals surface area contributed by atoms with Crippen molar-refractivity contribution in [1.82, 2.24) is 0 Å². The third-order valence-electron chi connectivity index (χ3n) is 5.04. The molecule has 0 saturated heterocycles. The third-order valence-corrected chi connectivity index (χ3v) is 6.35. The fourth-order valence-corrected chi connectivity index (χ4v) is 5.02. The number of hydrogen-bond acceptors (Lipinski definition) is 0. The molecule has 0 N–H and O–H groups in total. The molecule has 0 nitrogen and oxygen atoms in total. The smallest absolute Gasteiger partial charge is 0.00215 e. The van der Waals surface area contributed by atoms with Crippen molar-refractivity contribution in [3.8, 4) is 11.1 Å². The molecule has 0 bridgehead atoms. The minimum atomic E-state index is 0.636. The summed E-state index contributed by atoms with van der Waals surface area (Å²) in [6, 6.07) is 39.4. The van der Waals surface area contributed by atoms with E-state index in [1.165, 1.54) is 43.3 Å². The molecule has 0 amide bonds. The van der Waals surface area contributed by atoms with Gasteiger partial charge in [-0.3, -0.25) is 0 Å². The summed E-state index contributed by atoms with van der Waals surface area (Å²) in [6.07, 6.45) is 0. The van der Waals surface area contributed by atoms with Crippen molar-refractivity contribution < 1.29 is 0 Å². The summed E-state index contributed by atoms with van der Waals surface area (Å²) in [5.74, 6) is 0. The highest BCUT2D eigenvalue weighted by molar-refractivity contribution is 7.55. The van der Waals surface area contributed by atoms with Crippen LogP contribution in [0.4, 0.5) is 0 Å². The van der Waals surface area contributed by atoms with Gasteiger partial charge in [0.05, 0.1) is 0 Å². The van der Waals surface area contributed by atoms with Gasteiger partial charge in [0, 0.05) is 0 Å². The summed E-state index contributed by atoms with van der Waals surface area (Å²) >= 11 is 0. The van der Waals surface area contributed by atoms with Crippen LogP contribution in [0.1, 0.15) is 0 Å². The maximum atomic E-state index is 2.31. The molecule has 0 aromatic heterocycles. The Bertz CT molecular complexity index is 1230. The normalized spacial score (nSPS) is 11.6. The molecule has 5 aromatic carbocycles. The van der Waals surface area contributed by atoms with Crippen molar-refractivity contribution in [3.63, 3.8) is 0 Å². The lowest BCUT2D eigenvalue weighted by molar-refractivity contribution is 1.71. The van der Waals surface area contributed by atoms with Crippen molar-refractivity contribution in [2.24, 2.45) is 0 Å². The molecule has 1 atom stereocenters. The summed E-state index contributed by atoms with van der Waals surface area (Å²) in [5.41, 5.74) is 2.69. The number of hydrogen-bond donors (Lipinski definition) is 0. The predicted octanol–water partition coefficient (Wildman–Crippen LogP) is 6.29. The first-order chi connectivity index (χ1) is 13.4. The molecule has 1 heteroatoms. The average Bonchev–Trinajstić information content (AvgIpc) is 2.74. The van der Waals surface area contributed by atoms with Gasteiger partial charge in [-0.05, 0) is 43.3 Å². The lowest BCUT2D eigenvalue weighted by Crippen LogP contribution is -2.07. The Morgan fingerprint density at radius 3 is 1.89 bits per heavy atom. The largest absolute Gasteiger partial charge is 0.0622 e. The SMILES string of the molecule is c1ccc(Pc2ccc3ccccc3c2-c2cccc3ccccc23)cc1. The first-order valence-corrected chi connectivity index (χ1v) is 10.2. The van der Waals surface area contributed by atoms with Gasteiger partial charge in [-0.25, -0.2) is 0 Å². The van der Waals surface area contributed by atoms with E-state index in [1.54, 1.807) is 0 Å². The molecular weight excluding hydrogens is 343 g/mol. The summed E-state index contributed by atoms with van der Waals surface area (Å²) in [6.45, 7) is 0. The second-order valence-electron chi connectivity index (χ2n) is 6.73. The van der Waals surface area contributed by atoms with Crippen LogP contribution in [0.25, 0.3) is 32.7 Å². The van der Waals surface area contributed by atoms with E-state index in [9.17, 15) is 0 Å². The predicted molar refractivity (Wildman–Crippen MR) is 121 cm³/mol.